The molecule has 0 bridgehead atoms. The Kier molecular flexibility index (Phi) is 5.95. The van der Waals surface area contributed by atoms with Crippen LogP contribution in [0, 0.1) is 0 Å². The number of rotatable bonds is 6. The number of carbonyl (C=O) groups excluding carboxylic acids is 2. The number of ether oxygens (including phenoxy) is 1. The minimum Gasteiger partial charge on any atom is -0.494 e. The van der Waals surface area contributed by atoms with Gasteiger partial charge >= 0.3 is 6.18 Å². The smallest absolute Gasteiger partial charge is 0.416 e. The number of carbonyl (C=O) groups is 2. The summed E-state index contributed by atoms with van der Waals surface area (Å²) in [5.74, 6) is 0.0312. The van der Waals surface area contributed by atoms with E-state index in [2.05, 4.69) is 10.6 Å². The van der Waals surface area contributed by atoms with Crippen molar-refractivity contribution in [1.82, 2.24) is 0 Å². The third kappa shape index (κ3) is 4.98. The summed E-state index contributed by atoms with van der Waals surface area (Å²) in [6, 6.07) is 9.56. The normalized spacial score (nSPS) is 14.1. The summed E-state index contributed by atoms with van der Waals surface area (Å²) in [4.78, 5) is 25.7. The molecule has 2 amide bonds. The van der Waals surface area contributed by atoms with Crippen molar-refractivity contribution < 1.29 is 27.5 Å². The first kappa shape index (κ1) is 20.5. The second-order valence-electron chi connectivity index (χ2n) is 6.52. The number of nitrogens with one attached hydrogen (secondary N) is 2. The zero-order valence-electron chi connectivity index (χ0n) is 15.7. The topological polar surface area (TPSA) is 70.7 Å². The molecule has 0 radical (unpaired) electrons. The van der Waals surface area contributed by atoms with E-state index in [0.29, 0.717) is 30.1 Å². The Morgan fingerprint density at radius 3 is 2.62 bits per heavy atom. The Morgan fingerprint density at radius 1 is 1.17 bits per heavy atom. The highest BCUT2D eigenvalue weighted by Crippen LogP contribution is 2.34. The van der Waals surface area contributed by atoms with Gasteiger partial charge in [0.2, 0.25) is 11.8 Å². The molecule has 2 N–H and O–H groups in total. The van der Waals surface area contributed by atoms with Gasteiger partial charge in [-0.1, -0.05) is 6.07 Å². The molecular formula is C20H20F3N3O3. The number of nitrogens with zero attached hydrogens (tertiary/aromatic N) is 1. The first-order chi connectivity index (χ1) is 13.8. The Bertz CT molecular complexity index is 915. The second kappa shape index (κ2) is 8.42. The van der Waals surface area contributed by atoms with Crippen LogP contribution in [0.15, 0.2) is 42.5 Å². The maximum atomic E-state index is 12.8. The van der Waals surface area contributed by atoms with Crippen LogP contribution in [0.1, 0.15) is 18.4 Å². The van der Waals surface area contributed by atoms with Gasteiger partial charge in [-0.3, -0.25) is 9.59 Å². The zero-order chi connectivity index (χ0) is 21.0. The van der Waals surface area contributed by atoms with Gasteiger partial charge < -0.3 is 20.3 Å². The fraction of sp³-hybridized carbons (Fsp3) is 0.300. The molecule has 0 aromatic heterocycles. The predicted molar refractivity (Wildman–Crippen MR) is 103 cm³/mol. The van der Waals surface area contributed by atoms with E-state index >= 15 is 0 Å². The van der Waals surface area contributed by atoms with Gasteiger partial charge in [-0.2, -0.15) is 13.2 Å². The number of amides is 2. The fourth-order valence-corrected chi connectivity index (χ4v) is 3.07. The summed E-state index contributed by atoms with van der Waals surface area (Å²) in [5.41, 5.74) is 0.485. The highest BCUT2D eigenvalue weighted by Gasteiger charge is 2.30. The summed E-state index contributed by atoms with van der Waals surface area (Å²) in [5, 5.41) is 5.33. The predicted octanol–water partition coefficient (Wildman–Crippen LogP) is 3.89. The molecule has 1 aliphatic rings. The number of anilines is 3. The van der Waals surface area contributed by atoms with Crippen molar-refractivity contribution in [2.75, 3.05) is 35.7 Å². The van der Waals surface area contributed by atoms with Crippen LogP contribution in [0.5, 0.6) is 5.75 Å². The molecule has 0 aliphatic carbocycles. The van der Waals surface area contributed by atoms with E-state index in [0.717, 1.165) is 18.6 Å². The first-order valence-electron chi connectivity index (χ1n) is 8.97. The molecule has 0 unspecified atom stereocenters. The van der Waals surface area contributed by atoms with Gasteiger partial charge in [-0.05, 0) is 36.8 Å². The molecule has 1 saturated heterocycles. The molecule has 1 heterocycles. The third-order valence-electron chi connectivity index (χ3n) is 4.47. The molecule has 0 saturated carbocycles. The van der Waals surface area contributed by atoms with Gasteiger partial charge in [0.15, 0.2) is 0 Å². The van der Waals surface area contributed by atoms with E-state index in [4.69, 9.17) is 4.74 Å². The van der Waals surface area contributed by atoms with Crippen molar-refractivity contribution in [2.45, 2.75) is 19.0 Å². The number of alkyl halides is 3. The Morgan fingerprint density at radius 2 is 1.97 bits per heavy atom. The molecule has 0 atom stereocenters. The van der Waals surface area contributed by atoms with Gasteiger partial charge in [0.05, 0.1) is 24.9 Å². The molecule has 29 heavy (non-hydrogen) atoms. The van der Waals surface area contributed by atoms with Crippen molar-refractivity contribution in [2.24, 2.45) is 0 Å². The minimum atomic E-state index is -4.45. The van der Waals surface area contributed by atoms with Crippen molar-refractivity contribution in [3.05, 3.63) is 48.0 Å². The summed E-state index contributed by atoms with van der Waals surface area (Å²) in [7, 11) is 1.47. The molecule has 2 aromatic carbocycles. The van der Waals surface area contributed by atoms with Gasteiger partial charge in [0.25, 0.3) is 0 Å². The number of benzene rings is 2. The highest BCUT2D eigenvalue weighted by atomic mass is 19.4. The maximum absolute atomic E-state index is 12.8. The van der Waals surface area contributed by atoms with E-state index in [-0.39, 0.29) is 18.1 Å². The lowest BCUT2D eigenvalue weighted by Crippen LogP contribution is -2.24. The summed E-state index contributed by atoms with van der Waals surface area (Å²) in [6.45, 7) is 0.401. The molecule has 1 fully saturated rings. The average molecular weight is 407 g/mol. The van der Waals surface area contributed by atoms with E-state index in [9.17, 15) is 22.8 Å². The van der Waals surface area contributed by atoms with Crippen molar-refractivity contribution in [3.63, 3.8) is 0 Å². The Labute approximate surface area is 165 Å². The molecular weight excluding hydrogens is 387 g/mol. The van der Waals surface area contributed by atoms with Crippen LogP contribution in [0.25, 0.3) is 0 Å². The number of methoxy groups -OCH3 is 1. The van der Waals surface area contributed by atoms with Crippen LogP contribution in [0.3, 0.4) is 0 Å². The van der Waals surface area contributed by atoms with Gasteiger partial charge in [-0.25, -0.2) is 0 Å². The van der Waals surface area contributed by atoms with Crippen LogP contribution < -0.4 is 20.3 Å². The monoisotopic (exact) mass is 407 g/mol. The standard InChI is InChI=1S/C20H20F3N3O3/c1-29-17-11-15(7-8-16(17)26-9-3-6-19(26)28)25-18(27)12-24-14-5-2-4-13(10-14)20(21,22)23/h2,4-5,7-8,10-11,24H,3,6,9,12H2,1H3,(H,25,27). The van der Waals surface area contributed by atoms with E-state index < -0.39 is 17.6 Å². The minimum absolute atomic E-state index is 0.0189. The number of halogens is 3. The van der Waals surface area contributed by atoms with Crippen molar-refractivity contribution >= 4 is 28.9 Å². The number of hydrogen-bond acceptors (Lipinski definition) is 4. The lowest BCUT2D eigenvalue weighted by Gasteiger charge is -2.19. The van der Waals surface area contributed by atoms with E-state index in [1.54, 1.807) is 23.1 Å². The van der Waals surface area contributed by atoms with Crippen LogP contribution in [-0.2, 0) is 15.8 Å². The highest BCUT2D eigenvalue weighted by molar-refractivity contribution is 5.98. The van der Waals surface area contributed by atoms with Crippen LogP contribution >= 0.6 is 0 Å². The lowest BCUT2D eigenvalue weighted by molar-refractivity contribution is -0.137. The zero-order valence-corrected chi connectivity index (χ0v) is 15.7. The second-order valence-corrected chi connectivity index (χ2v) is 6.52. The fourth-order valence-electron chi connectivity index (χ4n) is 3.07. The largest absolute Gasteiger partial charge is 0.494 e. The van der Waals surface area contributed by atoms with Gasteiger partial charge in [0, 0.05) is 30.4 Å². The molecule has 9 heteroatoms. The Hall–Kier alpha value is -3.23. The van der Waals surface area contributed by atoms with E-state index in [1.807, 2.05) is 0 Å². The average Bonchev–Trinajstić information content (AvgIpc) is 3.11. The quantitative estimate of drug-likeness (QED) is 0.762. The van der Waals surface area contributed by atoms with Crippen molar-refractivity contribution in [3.8, 4) is 5.75 Å². The third-order valence-corrected chi connectivity index (χ3v) is 4.47. The van der Waals surface area contributed by atoms with Crippen LogP contribution in [0.4, 0.5) is 30.2 Å². The van der Waals surface area contributed by atoms with Gasteiger partial charge in [0.1, 0.15) is 5.75 Å². The summed E-state index contributed by atoms with van der Waals surface area (Å²) < 4.78 is 43.6. The molecule has 154 valence electrons. The van der Waals surface area contributed by atoms with Crippen LogP contribution in [0.2, 0.25) is 0 Å². The summed E-state index contributed by atoms with van der Waals surface area (Å²) in [6.07, 6.45) is -3.18. The summed E-state index contributed by atoms with van der Waals surface area (Å²) >= 11 is 0. The molecule has 0 spiro atoms. The SMILES string of the molecule is COc1cc(NC(=O)CNc2cccc(C(F)(F)F)c2)ccc1N1CCCC1=O. The number of hydrogen-bond donors (Lipinski definition) is 2. The first-order valence-corrected chi connectivity index (χ1v) is 8.97. The molecule has 2 aromatic rings. The van der Waals surface area contributed by atoms with Crippen LogP contribution in [-0.4, -0.2) is 32.0 Å². The maximum Gasteiger partial charge on any atom is 0.416 e. The van der Waals surface area contributed by atoms with Gasteiger partial charge in [-0.15, -0.1) is 0 Å². The Balaban J connectivity index is 1.63. The molecule has 6 nitrogen and oxygen atoms in total. The van der Waals surface area contributed by atoms with E-state index in [1.165, 1.54) is 19.2 Å². The lowest BCUT2D eigenvalue weighted by atomic mass is 10.2. The molecule has 3 rings (SSSR count). The van der Waals surface area contributed by atoms with Crippen molar-refractivity contribution in [1.29, 1.82) is 0 Å². The molecule has 1 aliphatic heterocycles.